The Bertz CT molecular complexity index is 787. The monoisotopic (exact) mass is 313 g/mol. The number of benzene rings is 1. The van der Waals surface area contributed by atoms with Crippen LogP contribution in [-0.4, -0.2) is 27.9 Å². The molecule has 0 aliphatic carbocycles. The summed E-state index contributed by atoms with van der Waals surface area (Å²) in [5.74, 6) is -1.52. The molecule has 2 amide bonds. The van der Waals surface area contributed by atoms with Crippen molar-refractivity contribution in [3.8, 4) is 0 Å². The van der Waals surface area contributed by atoms with Gasteiger partial charge in [0.25, 0.3) is 5.91 Å². The molecule has 3 N–H and O–H groups in total. The van der Waals surface area contributed by atoms with E-state index in [2.05, 4.69) is 15.6 Å². The standard InChI is InChI=1S/C16H15N3O4/c1-9-3-4-12(16(22)23)7-13(9)19-15(21)11-5-6-17-14(8-11)18-10(2)20/h3-8H,1-2H3,(H,19,21)(H,22,23)(H,17,18,20). The van der Waals surface area contributed by atoms with Gasteiger partial charge in [-0.2, -0.15) is 0 Å². The molecule has 0 fully saturated rings. The van der Waals surface area contributed by atoms with E-state index in [1.54, 1.807) is 13.0 Å². The van der Waals surface area contributed by atoms with Gasteiger partial charge in [0.15, 0.2) is 0 Å². The smallest absolute Gasteiger partial charge is 0.335 e. The van der Waals surface area contributed by atoms with Crippen molar-refractivity contribution in [3.05, 3.63) is 53.2 Å². The number of hydrogen-bond acceptors (Lipinski definition) is 4. The highest BCUT2D eigenvalue weighted by Gasteiger charge is 2.11. The summed E-state index contributed by atoms with van der Waals surface area (Å²) in [5.41, 5.74) is 1.52. The molecule has 1 heterocycles. The highest BCUT2D eigenvalue weighted by molar-refractivity contribution is 6.06. The molecule has 23 heavy (non-hydrogen) atoms. The minimum Gasteiger partial charge on any atom is -0.478 e. The summed E-state index contributed by atoms with van der Waals surface area (Å²) in [5, 5.41) is 14.2. The van der Waals surface area contributed by atoms with Crippen molar-refractivity contribution >= 4 is 29.3 Å². The molecule has 0 aliphatic rings. The van der Waals surface area contributed by atoms with E-state index in [4.69, 9.17) is 5.11 Å². The third-order valence-electron chi connectivity index (χ3n) is 3.06. The molecule has 2 aromatic rings. The zero-order valence-corrected chi connectivity index (χ0v) is 12.6. The van der Waals surface area contributed by atoms with Crippen LogP contribution < -0.4 is 10.6 Å². The van der Waals surface area contributed by atoms with Crippen molar-refractivity contribution in [2.45, 2.75) is 13.8 Å². The summed E-state index contributed by atoms with van der Waals surface area (Å²) in [7, 11) is 0. The summed E-state index contributed by atoms with van der Waals surface area (Å²) in [6, 6.07) is 7.42. The average molecular weight is 313 g/mol. The number of aryl methyl sites for hydroxylation is 1. The van der Waals surface area contributed by atoms with Gasteiger partial charge >= 0.3 is 5.97 Å². The highest BCUT2D eigenvalue weighted by atomic mass is 16.4. The van der Waals surface area contributed by atoms with Crippen LogP contribution in [0.5, 0.6) is 0 Å². The van der Waals surface area contributed by atoms with Crippen LogP contribution >= 0.6 is 0 Å². The molecule has 0 aliphatic heterocycles. The number of carbonyl (C=O) groups excluding carboxylic acids is 2. The van der Waals surface area contributed by atoms with Crippen molar-refractivity contribution in [1.82, 2.24) is 4.98 Å². The molecule has 7 heteroatoms. The lowest BCUT2D eigenvalue weighted by atomic mass is 10.1. The van der Waals surface area contributed by atoms with Crippen LogP contribution in [0.25, 0.3) is 0 Å². The number of nitrogens with one attached hydrogen (secondary N) is 2. The normalized spacial score (nSPS) is 10.0. The third kappa shape index (κ3) is 4.13. The number of anilines is 2. The molecule has 0 saturated carbocycles. The first-order valence-corrected chi connectivity index (χ1v) is 6.76. The van der Waals surface area contributed by atoms with E-state index in [9.17, 15) is 14.4 Å². The first-order valence-electron chi connectivity index (χ1n) is 6.76. The number of aromatic carboxylic acids is 1. The molecule has 2 rings (SSSR count). The number of rotatable bonds is 4. The van der Waals surface area contributed by atoms with Crippen LogP contribution in [0.1, 0.15) is 33.2 Å². The van der Waals surface area contributed by atoms with Gasteiger partial charge in [-0.15, -0.1) is 0 Å². The van der Waals surface area contributed by atoms with Gasteiger partial charge in [-0.1, -0.05) is 6.07 Å². The molecule has 1 aromatic heterocycles. The molecule has 0 unspecified atom stereocenters. The fourth-order valence-electron chi connectivity index (χ4n) is 1.90. The molecule has 0 saturated heterocycles. The van der Waals surface area contributed by atoms with E-state index in [1.807, 2.05) is 0 Å². The molecular formula is C16H15N3O4. The van der Waals surface area contributed by atoms with Gasteiger partial charge in [0.2, 0.25) is 5.91 Å². The molecule has 7 nitrogen and oxygen atoms in total. The molecule has 1 aromatic carbocycles. The van der Waals surface area contributed by atoms with Crippen LogP contribution in [0.2, 0.25) is 0 Å². The lowest BCUT2D eigenvalue weighted by Gasteiger charge is -2.10. The first kappa shape index (κ1) is 16.2. The number of nitrogens with zero attached hydrogens (tertiary/aromatic N) is 1. The van der Waals surface area contributed by atoms with Crippen molar-refractivity contribution < 1.29 is 19.5 Å². The average Bonchev–Trinajstić information content (AvgIpc) is 2.48. The Hall–Kier alpha value is -3.22. The molecule has 0 atom stereocenters. The quantitative estimate of drug-likeness (QED) is 0.802. The van der Waals surface area contributed by atoms with Gasteiger partial charge in [0, 0.05) is 24.4 Å². The number of hydrogen-bond donors (Lipinski definition) is 3. The van der Waals surface area contributed by atoms with Gasteiger partial charge in [-0.25, -0.2) is 9.78 Å². The minimum absolute atomic E-state index is 0.0829. The van der Waals surface area contributed by atoms with Gasteiger partial charge in [-0.3, -0.25) is 9.59 Å². The summed E-state index contributed by atoms with van der Waals surface area (Å²) in [6.07, 6.45) is 1.40. The lowest BCUT2D eigenvalue weighted by Crippen LogP contribution is -2.15. The second kappa shape index (κ2) is 6.69. The van der Waals surface area contributed by atoms with Crippen LogP contribution in [0.15, 0.2) is 36.5 Å². The second-order valence-corrected chi connectivity index (χ2v) is 4.90. The van der Waals surface area contributed by atoms with Gasteiger partial charge < -0.3 is 15.7 Å². The molecule has 0 bridgehead atoms. The largest absolute Gasteiger partial charge is 0.478 e. The minimum atomic E-state index is -1.07. The Morgan fingerprint density at radius 3 is 2.43 bits per heavy atom. The van der Waals surface area contributed by atoms with Crippen LogP contribution in [0.4, 0.5) is 11.5 Å². The number of aromatic nitrogens is 1. The van der Waals surface area contributed by atoms with E-state index < -0.39 is 11.9 Å². The summed E-state index contributed by atoms with van der Waals surface area (Å²) < 4.78 is 0. The van der Waals surface area contributed by atoms with Crippen LogP contribution in [0, 0.1) is 6.92 Å². The molecular weight excluding hydrogens is 298 g/mol. The van der Waals surface area contributed by atoms with E-state index in [1.165, 1.54) is 37.4 Å². The number of pyridine rings is 1. The Labute approximate surface area is 132 Å². The Morgan fingerprint density at radius 2 is 1.78 bits per heavy atom. The summed E-state index contributed by atoms with van der Waals surface area (Å²) in [6.45, 7) is 3.10. The second-order valence-electron chi connectivity index (χ2n) is 4.90. The predicted octanol–water partition coefficient (Wildman–Crippen LogP) is 2.30. The van der Waals surface area contributed by atoms with Crippen molar-refractivity contribution in [2.24, 2.45) is 0 Å². The van der Waals surface area contributed by atoms with E-state index in [-0.39, 0.29) is 17.3 Å². The Kier molecular flexibility index (Phi) is 4.70. The summed E-state index contributed by atoms with van der Waals surface area (Å²) in [4.78, 5) is 38.3. The zero-order chi connectivity index (χ0) is 17.0. The van der Waals surface area contributed by atoms with Crippen LogP contribution in [0.3, 0.4) is 0 Å². The van der Waals surface area contributed by atoms with E-state index >= 15 is 0 Å². The maximum Gasteiger partial charge on any atom is 0.335 e. The lowest BCUT2D eigenvalue weighted by molar-refractivity contribution is -0.114. The van der Waals surface area contributed by atoms with Crippen molar-refractivity contribution in [2.75, 3.05) is 10.6 Å². The molecule has 0 spiro atoms. The number of carbonyl (C=O) groups is 3. The van der Waals surface area contributed by atoms with E-state index in [0.29, 0.717) is 11.3 Å². The third-order valence-corrected chi connectivity index (χ3v) is 3.06. The predicted molar refractivity (Wildman–Crippen MR) is 84.6 cm³/mol. The maximum atomic E-state index is 12.3. The molecule has 118 valence electrons. The number of carboxylic acid groups (broad SMARTS) is 1. The zero-order valence-electron chi connectivity index (χ0n) is 12.6. The number of carboxylic acids is 1. The SMILES string of the molecule is CC(=O)Nc1cc(C(=O)Nc2cc(C(=O)O)ccc2C)ccn1. The Morgan fingerprint density at radius 1 is 1.04 bits per heavy atom. The van der Waals surface area contributed by atoms with E-state index in [0.717, 1.165) is 5.56 Å². The highest BCUT2D eigenvalue weighted by Crippen LogP contribution is 2.18. The fourth-order valence-corrected chi connectivity index (χ4v) is 1.90. The van der Waals surface area contributed by atoms with Gasteiger partial charge in [0.1, 0.15) is 5.82 Å². The number of amides is 2. The summed E-state index contributed by atoms with van der Waals surface area (Å²) >= 11 is 0. The van der Waals surface area contributed by atoms with Crippen molar-refractivity contribution in [1.29, 1.82) is 0 Å². The Balaban J connectivity index is 2.24. The maximum absolute atomic E-state index is 12.3. The van der Waals surface area contributed by atoms with Gasteiger partial charge in [0.05, 0.1) is 5.56 Å². The molecule has 0 radical (unpaired) electrons. The van der Waals surface area contributed by atoms with Gasteiger partial charge in [-0.05, 0) is 36.8 Å². The fraction of sp³-hybridized carbons (Fsp3) is 0.125. The van der Waals surface area contributed by atoms with Crippen LogP contribution in [-0.2, 0) is 4.79 Å². The first-order chi connectivity index (χ1) is 10.9. The topological polar surface area (TPSA) is 108 Å². The van der Waals surface area contributed by atoms with Crippen molar-refractivity contribution in [3.63, 3.8) is 0 Å².